The molecule has 0 radical (unpaired) electrons. The molecule has 11 heteroatoms. The molecule has 1 unspecified atom stereocenters. The highest BCUT2D eigenvalue weighted by atomic mass is 32.2. The third-order valence-corrected chi connectivity index (χ3v) is 5.77. The zero-order valence-electron chi connectivity index (χ0n) is 18.0. The maximum Gasteiger partial charge on any atom is 0.446 e. The first-order valence-corrected chi connectivity index (χ1v) is 11.1. The van der Waals surface area contributed by atoms with Crippen LogP contribution in [0.4, 0.5) is 13.2 Å². The lowest BCUT2D eigenvalue weighted by molar-refractivity contribution is -0.121. The molecule has 1 atom stereocenters. The van der Waals surface area contributed by atoms with Gasteiger partial charge in [-0.05, 0) is 59.3 Å². The molecule has 0 spiro atoms. The summed E-state index contributed by atoms with van der Waals surface area (Å²) in [5.74, 6) is -0.798. The Bertz CT molecular complexity index is 1360. The summed E-state index contributed by atoms with van der Waals surface area (Å²) in [7, 11) is 0. The minimum atomic E-state index is -4.44. The normalized spacial score (nSPS) is 12.3. The van der Waals surface area contributed by atoms with Gasteiger partial charge in [0.2, 0.25) is 11.8 Å². The van der Waals surface area contributed by atoms with Crippen molar-refractivity contribution in [3.8, 4) is 11.6 Å². The fourth-order valence-electron chi connectivity index (χ4n) is 3.52. The Labute approximate surface area is 201 Å². The van der Waals surface area contributed by atoms with Gasteiger partial charge in [0.15, 0.2) is 0 Å². The van der Waals surface area contributed by atoms with Crippen molar-refractivity contribution in [3.63, 3.8) is 0 Å². The molecule has 0 saturated heterocycles. The average Bonchev–Trinajstić information content (AvgIpc) is 3.12. The molecule has 4 rings (SSSR count). The number of aromatic nitrogens is 3. The fourth-order valence-corrected chi connectivity index (χ4v) is 4.06. The molecule has 2 N–H and O–H groups in total. The van der Waals surface area contributed by atoms with Crippen LogP contribution >= 0.6 is 11.8 Å². The molecular formula is C24H19F3N4O3S. The molecule has 0 aliphatic carbocycles. The van der Waals surface area contributed by atoms with Gasteiger partial charge >= 0.3 is 11.2 Å². The summed E-state index contributed by atoms with van der Waals surface area (Å²) in [4.78, 5) is 30.0. The van der Waals surface area contributed by atoms with Gasteiger partial charge in [0.25, 0.3) is 0 Å². The van der Waals surface area contributed by atoms with Crippen molar-refractivity contribution >= 4 is 17.7 Å². The fraction of sp³-hybridized carbons (Fsp3) is 0.125. The van der Waals surface area contributed by atoms with Gasteiger partial charge in [-0.25, -0.2) is 9.36 Å². The number of nitrogens with zero attached hydrogens (tertiary/aromatic N) is 3. The van der Waals surface area contributed by atoms with Crippen LogP contribution in [0.15, 0.2) is 95.0 Å². The van der Waals surface area contributed by atoms with Crippen LogP contribution in [0.1, 0.15) is 17.3 Å². The Balaban J connectivity index is 1.66. The number of benzene rings is 2. The van der Waals surface area contributed by atoms with E-state index in [4.69, 9.17) is 0 Å². The number of nitrogens with one attached hydrogen (secondary N) is 1. The SMILES string of the molecule is O=C(Cc1ccccc1)NC(c1ccncc1)n1cc(O)n(-c2ccc(SC(F)(F)F)cc2)c1=O. The summed E-state index contributed by atoms with van der Waals surface area (Å²) in [5, 5.41) is 13.3. The highest BCUT2D eigenvalue weighted by Crippen LogP contribution is 2.37. The van der Waals surface area contributed by atoms with E-state index in [0.29, 0.717) is 5.56 Å². The molecule has 35 heavy (non-hydrogen) atoms. The smallest absolute Gasteiger partial charge is 0.446 e. The molecule has 0 aliphatic heterocycles. The van der Waals surface area contributed by atoms with E-state index in [9.17, 15) is 27.9 Å². The highest BCUT2D eigenvalue weighted by molar-refractivity contribution is 8.00. The van der Waals surface area contributed by atoms with E-state index in [0.717, 1.165) is 20.9 Å². The molecule has 0 saturated carbocycles. The van der Waals surface area contributed by atoms with Gasteiger partial charge in [-0.2, -0.15) is 13.2 Å². The molecule has 2 aromatic carbocycles. The van der Waals surface area contributed by atoms with Crippen LogP contribution in [0.25, 0.3) is 5.69 Å². The molecule has 2 aromatic heterocycles. The second-order valence-corrected chi connectivity index (χ2v) is 8.61. The minimum Gasteiger partial charge on any atom is -0.493 e. The Morgan fingerprint density at radius 1 is 1.03 bits per heavy atom. The number of alkyl halides is 3. The zero-order valence-corrected chi connectivity index (χ0v) is 18.8. The maximum atomic E-state index is 13.3. The van der Waals surface area contributed by atoms with Crippen LogP contribution in [-0.4, -0.2) is 30.6 Å². The Hall–Kier alpha value is -3.99. The quantitative estimate of drug-likeness (QED) is 0.370. The van der Waals surface area contributed by atoms with Crippen molar-refractivity contribution in [3.05, 3.63) is 107 Å². The number of amides is 1. The predicted molar refractivity (Wildman–Crippen MR) is 124 cm³/mol. The molecule has 7 nitrogen and oxygen atoms in total. The van der Waals surface area contributed by atoms with Crippen LogP contribution in [-0.2, 0) is 11.2 Å². The van der Waals surface area contributed by atoms with E-state index >= 15 is 0 Å². The molecule has 4 aromatic rings. The molecule has 0 fully saturated rings. The van der Waals surface area contributed by atoms with Gasteiger partial charge in [0, 0.05) is 17.3 Å². The van der Waals surface area contributed by atoms with Crippen molar-refractivity contribution in [1.29, 1.82) is 0 Å². The third-order valence-electron chi connectivity index (χ3n) is 5.03. The maximum absolute atomic E-state index is 13.3. The van der Waals surface area contributed by atoms with Gasteiger partial charge in [-0.15, -0.1) is 0 Å². The van der Waals surface area contributed by atoms with Gasteiger partial charge in [-0.3, -0.25) is 14.3 Å². The van der Waals surface area contributed by atoms with Crippen LogP contribution in [0, 0.1) is 0 Å². The Morgan fingerprint density at radius 2 is 1.69 bits per heavy atom. The van der Waals surface area contributed by atoms with E-state index in [1.54, 1.807) is 24.3 Å². The number of rotatable bonds is 7. The first-order chi connectivity index (χ1) is 16.7. The van der Waals surface area contributed by atoms with Gasteiger partial charge in [0.05, 0.1) is 18.3 Å². The van der Waals surface area contributed by atoms with Crippen LogP contribution in [0.5, 0.6) is 5.88 Å². The van der Waals surface area contributed by atoms with Crippen molar-refractivity contribution < 1.29 is 23.1 Å². The van der Waals surface area contributed by atoms with Crippen LogP contribution in [0.2, 0.25) is 0 Å². The number of carbonyl (C=O) groups excluding carboxylic acids is 1. The first-order valence-electron chi connectivity index (χ1n) is 10.3. The second-order valence-electron chi connectivity index (χ2n) is 7.47. The summed E-state index contributed by atoms with van der Waals surface area (Å²) in [5.41, 5.74) is -3.65. The van der Waals surface area contributed by atoms with Gasteiger partial charge < -0.3 is 10.4 Å². The van der Waals surface area contributed by atoms with Crippen LogP contribution < -0.4 is 11.0 Å². The molecule has 1 amide bonds. The van der Waals surface area contributed by atoms with Crippen molar-refractivity contribution in [2.45, 2.75) is 23.0 Å². The van der Waals surface area contributed by atoms with Gasteiger partial charge in [0.1, 0.15) is 6.17 Å². The van der Waals surface area contributed by atoms with Crippen LogP contribution in [0.3, 0.4) is 0 Å². The summed E-state index contributed by atoms with van der Waals surface area (Å²) < 4.78 is 39.9. The number of carbonyl (C=O) groups is 1. The first kappa shape index (κ1) is 24.1. The van der Waals surface area contributed by atoms with Crippen molar-refractivity contribution in [2.75, 3.05) is 0 Å². The number of halogens is 3. The number of aromatic hydroxyl groups is 1. The number of hydrogen-bond donors (Lipinski definition) is 2. The number of hydrogen-bond acceptors (Lipinski definition) is 5. The van der Waals surface area contributed by atoms with Gasteiger partial charge in [-0.1, -0.05) is 30.3 Å². The monoisotopic (exact) mass is 500 g/mol. The summed E-state index contributed by atoms with van der Waals surface area (Å²) in [6, 6.07) is 17.3. The largest absolute Gasteiger partial charge is 0.493 e. The Kier molecular flexibility index (Phi) is 6.97. The molecule has 180 valence electrons. The molecular weight excluding hydrogens is 481 g/mol. The van der Waals surface area contributed by atoms with E-state index < -0.39 is 23.2 Å². The van der Waals surface area contributed by atoms with E-state index in [2.05, 4.69) is 10.3 Å². The zero-order chi connectivity index (χ0) is 25.0. The molecule has 0 bridgehead atoms. The number of pyridine rings is 1. The number of thioether (sulfide) groups is 1. The van der Waals surface area contributed by atoms with E-state index in [1.807, 2.05) is 18.2 Å². The molecule has 0 aliphatic rings. The lowest BCUT2D eigenvalue weighted by Gasteiger charge is -2.20. The lowest BCUT2D eigenvalue weighted by atomic mass is 10.1. The van der Waals surface area contributed by atoms with E-state index in [1.165, 1.54) is 36.7 Å². The van der Waals surface area contributed by atoms with E-state index in [-0.39, 0.29) is 34.7 Å². The van der Waals surface area contributed by atoms with Crippen molar-refractivity contribution in [2.24, 2.45) is 0 Å². The summed E-state index contributed by atoms with van der Waals surface area (Å²) in [6.45, 7) is 0. The third kappa shape index (κ3) is 5.93. The lowest BCUT2D eigenvalue weighted by Crippen LogP contribution is -2.39. The minimum absolute atomic E-state index is 0.0592. The standard InChI is InChI=1S/C24H19F3N4O3S/c25-24(26,27)35-19-8-6-18(7-9-19)31-21(33)15-30(23(31)34)22(17-10-12-28-13-11-17)29-20(32)14-16-4-2-1-3-5-16/h1-13,15,22,33H,14H2,(H,29,32). The van der Waals surface area contributed by atoms with Crippen molar-refractivity contribution in [1.82, 2.24) is 19.4 Å². The Morgan fingerprint density at radius 3 is 2.31 bits per heavy atom. The predicted octanol–water partition coefficient (Wildman–Crippen LogP) is 4.26. The highest BCUT2D eigenvalue weighted by Gasteiger charge is 2.29. The average molecular weight is 501 g/mol. The second kappa shape index (κ2) is 10.1. The summed E-state index contributed by atoms with van der Waals surface area (Å²) in [6.07, 6.45) is 3.28. The number of imidazole rings is 1. The topological polar surface area (TPSA) is 89.2 Å². The summed E-state index contributed by atoms with van der Waals surface area (Å²) >= 11 is -0.281. The molecule has 2 heterocycles.